The number of hydrogen-bond acceptors (Lipinski definition) is 4. The van der Waals surface area contributed by atoms with Crippen LogP contribution >= 0.6 is 0 Å². The summed E-state index contributed by atoms with van der Waals surface area (Å²) in [6.45, 7) is 2.03. The van der Waals surface area contributed by atoms with Crippen LogP contribution < -0.4 is 0 Å². The Morgan fingerprint density at radius 3 is 2.50 bits per heavy atom. The summed E-state index contributed by atoms with van der Waals surface area (Å²) in [6, 6.07) is 0. The van der Waals surface area contributed by atoms with Crippen LogP contribution in [0.25, 0.3) is 0 Å². The van der Waals surface area contributed by atoms with Gasteiger partial charge in [-0.1, -0.05) is 19.1 Å². The molecule has 1 saturated carbocycles. The second-order valence-corrected chi connectivity index (χ2v) is 5.64. The van der Waals surface area contributed by atoms with Gasteiger partial charge in [-0.25, -0.2) is 0 Å². The van der Waals surface area contributed by atoms with Gasteiger partial charge in [0.2, 0.25) is 23.1 Å². The van der Waals surface area contributed by atoms with Crippen LogP contribution in [0.15, 0.2) is 23.7 Å². The Hall–Kier alpha value is -1.58. The molecule has 1 spiro atoms. The van der Waals surface area contributed by atoms with Crippen LogP contribution in [0.4, 0.5) is 0 Å². The molecule has 96 valence electrons. The first-order valence-corrected chi connectivity index (χ1v) is 6.09. The van der Waals surface area contributed by atoms with Crippen LogP contribution in [0.3, 0.4) is 0 Å². The summed E-state index contributed by atoms with van der Waals surface area (Å²) in [7, 11) is 2.82. The van der Waals surface area contributed by atoms with E-state index in [1.165, 1.54) is 14.2 Å². The number of ether oxygens (including phenoxy) is 2. The van der Waals surface area contributed by atoms with Crippen molar-refractivity contribution in [2.75, 3.05) is 14.2 Å². The number of carbonyl (C=O) groups is 2. The lowest BCUT2D eigenvalue weighted by molar-refractivity contribution is -0.171. The molecule has 0 amide bonds. The quantitative estimate of drug-likeness (QED) is 0.697. The van der Waals surface area contributed by atoms with Crippen LogP contribution in [0.5, 0.6) is 0 Å². The number of allylic oxidation sites excluding steroid dienone is 4. The second-order valence-electron chi connectivity index (χ2n) is 5.64. The topological polar surface area (TPSA) is 52.6 Å². The lowest BCUT2D eigenvalue weighted by atomic mass is 9.38. The standard InChI is InChI=1S/C14H16O4/c1-13-5-4-6-14(7-13)11(13)8(15)9(17-2)10(18-3)12(14)16/h4-5,11H,6-7H2,1-3H3. The van der Waals surface area contributed by atoms with Gasteiger partial charge in [0, 0.05) is 5.92 Å². The van der Waals surface area contributed by atoms with E-state index in [1.54, 1.807) is 0 Å². The maximum absolute atomic E-state index is 12.6. The molecule has 18 heavy (non-hydrogen) atoms. The first-order valence-electron chi connectivity index (χ1n) is 6.09. The highest BCUT2D eigenvalue weighted by Gasteiger charge is 2.71. The van der Waals surface area contributed by atoms with Crippen molar-refractivity contribution < 1.29 is 19.1 Å². The molecule has 3 aliphatic rings. The summed E-state index contributed by atoms with van der Waals surface area (Å²) < 4.78 is 10.2. The Morgan fingerprint density at radius 1 is 1.22 bits per heavy atom. The lowest BCUT2D eigenvalue weighted by Crippen LogP contribution is -2.65. The van der Waals surface area contributed by atoms with Crippen molar-refractivity contribution in [2.24, 2.45) is 16.7 Å². The van der Waals surface area contributed by atoms with Crippen molar-refractivity contribution >= 4 is 11.6 Å². The van der Waals surface area contributed by atoms with Gasteiger partial charge in [0.1, 0.15) is 0 Å². The van der Waals surface area contributed by atoms with Gasteiger partial charge in [0.15, 0.2) is 0 Å². The summed E-state index contributed by atoms with van der Waals surface area (Å²) in [5.41, 5.74) is -0.776. The van der Waals surface area contributed by atoms with Gasteiger partial charge in [0.05, 0.1) is 19.6 Å². The van der Waals surface area contributed by atoms with Crippen LogP contribution in [-0.4, -0.2) is 25.8 Å². The molecule has 0 N–H and O–H groups in total. The molecule has 4 nitrogen and oxygen atoms in total. The molecule has 0 aliphatic heterocycles. The van der Waals surface area contributed by atoms with Gasteiger partial charge in [-0.15, -0.1) is 0 Å². The van der Waals surface area contributed by atoms with Gasteiger partial charge in [-0.05, 0) is 18.3 Å². The summed E-state index contributed by atoms with van der Waals surface area (Å²) in [5, 5.41) is 0. The van der Waals surface area contributed by atoms with E-state index < -0.39 is 5.41 Å². The Labute approximate surface area is 106 Å². The molecule has 0 aromatic carbocycles. The van der Waals surface area contributed by atoms with E-state index in [-0.39, 0.29) is 34.4 Å². The number of hydrogen-bond donors (Lipinski definition) is 0. The predicted molar refractivity (Wildman–Crippen MR) is 63.5 cm³/mol. The maximum Gasteiger partial charge on any atom is 0.208 e. The van der Waals surface area contributed by atoms with E-state index in [4.69, 9.17) is 9.47 Å². The molecule has 0 radical (unpaired) electrons. The molecule has 4 heteroatoms. The van der Waals surface area contributed by atoms with Gasteiger partial charge in [-0.3, -0.25) is 9.59 Å². The van der Waals surface area contributed by atoms with Crippen molar-refractivity contribution in [3.05, 3.63) is 23.7 Å². The zero-order chi connectivity index (χ0) is 13.1. The summed E-state index contributed by atoms with van der Waals surface area (Å²) in [4.78, 5) is 25.1. The molecule has 0 saturated heterocycles. The fourth-order valence-electron chi connectivity index (χ4n) is 4.07. The Balaban J connectivity index is 2.18. The molecule has 3 unspecified atom stereocenters. The Kier molecular flexibility index (Phi) is 2.08. The van der Waals surface area contributed by atoms with Gasteiger partial charge in [-0.2, -0.15) is 0 Å². The molecule has 2 bridgehead atoms. The van der Waals surface area contributed by atoms with Crippen molar-refractivity contribution in [3.8, 4) is 0 Å². The van der Waals surface area contributed by atoms with Gasteiger partial charge >= 0.3 is 0 Å². The number of methoxy groups -OCH3 is 2. The number of Topliss-reactive ketones (excluding diaryl/α,β-unsaturated/α-hetero) is 2. The van der Waals surface area contributed by atoms with Crippen molar-refractivity contribution in [3.63, 3.8) is 0 Å². The van der Waals surface area contributed by atoms with Crippen LogP contribution in [0, 0.1) is 16.7 Å². The third-order valence-corrected chi connectivity index (χ3v) is 4.65. The number of ketones is 2. The number of fused-ring (bicyclic) bond motifs is 2. The molecular formula is C14H16O4. The van der Waals surface area contributed by atoms with Crippen molar-refractivity contribution in [1.82, 2.24) is 0 Å². The molecule has 3 atom stereocenters. The van der Waals surface area contributed by atoms with E-state index in [9.17, 15) is 9.59 Å². The number of rotatable bonds is 2. The van der Waals surface area contributed by atoms with E-state index in [0.717, 1.165) is 6.42 Å². The zero-order valence-electron chi connectivity index (χ0n) is 10.8. The minimum Gasteiger partial charge on any atom is -0.490 e. The molecule has 3 aliphatic carbocycles. The molecule has 3 rings (SSSR count). The van der Waals surface area contributed by atoms with Gasteiger partial charge in [0.25, 0.3) is 0 Å². The summed E-state index contributed by atoms with van der Waals surface area (Å²) in [5.74, 6) is -0.267. The van der Waals surface area contributed by atoms with Gasteiger partial charge < -0.3 is 9.47 Å². The fraction of sp³-hybridized carbons (Fsp3) is 0.571. The highest BCUT2D eigenvalue weighted by atomic mass is 16.5. The smallest absolute Gasteiger partial charge is 0.208 e. The fourth-order valence-corrected chi connectivity index (χ4v) is 4.07. The first kappa shape index (κ1) is 11.5. The lowest BCUT2D eigenvalue weighted by Gasteiger charge is -2.62. The Bertz CT molecular complexity index is 516. The van der Waals surface area contributed by atoms with E-state index in [0.29, 0.717) is 6.42 Å². The largest absolute Gasteiger partial charge is 0.490 e. The van der Waals surface area contributed by atoms with Crippen molar-refractivity contribution in [2.45, 2.75) is 19.8 Å². The molecule has 1 fully saturated rings. The third kappa shape index (κ3) is 1.02. The van der Waals surface area contributed by atoms with Crippen LogP contribution in [-0.2, 0) is 19.1 Å². The maximum atomic E-state index is 12.6. The zero-order valence-corrected chi connectivity index (χ0v) is 10.8. The second kappa shape index (κ2) is 3.25. The molecule has 0 aromatic heterocycles. The molecule has 0 aromatic rings. The third-order valence-electron chi connectivity index (χ3n) is 4.65. The van der Waals surface area contributed by atoms with Crippen LogP contribution in [0.1, 0.15) is 19.8 Å². The highest BCUT2D eigenvalue weighted by Crippen LogP contribution is 2.68. The number of carbonyl (C=O) groups excluding carboxylic acids is 2. The normalized spacial score (nSPS) is 41.4. The van der Waals surface area contributed by atoms with Crippen LogP contribution in [0.2, 0.25) is 0 Å². The summed E-state index contributed by atoms with van der Waals surface area (Å²) in [6.07, 6.45) is 5.43. The average molecular weight is 248 g/mol. The minimum absolute atomic E-state index is 0.0757. The van der Waals surface area contributed by atoms with E-state index >= 15 is 0 Å². The molecular weight excluding hydrogens is 232 g/mol. The SMILES string of the molecule is COC1=C(OC)C(=O)C23CC=CC(C)(C2)C3C1=O. The van der Waals surface area contributed by atoms with E-state index in [1.807, 2.05) is 13.0 Å². The predicted octanol–water partition coefficient (Wildman–Crippen LogP) is 1.62. The average Bonchev–Trinajstić information content (AvgIpc) is 2.33. The van der Waals surface area contributed by atoms with E-state index in [2.05, 4.69) is 6.08 Å². The monoisotopic (exact) mass is 248 g/mol. The molecule has 0 heterocycles. The van der Waals surface area contributed by atoms with Crippen molar-refractivity contribution in [1.29, 1.82) is 0 Å². The summed E-state index contributed by atoms with van der Waals surface area (Å²) >= 11 is 0. The first-order chi connectivity index (χ1) is 8.50. The Morgan fingerprint density at radius 2 is 1.89 bits per heavy atom. The minimum atomic E-state index is -0.575. The highest BCUT2D eigenvalue weighted by molar-refractivity contribution is 6.15.